The zero-order valence-corrected chi connectivity index (χ0v) is 8.84. The summed E-state index contributed by atoms with van der Waals surface area (Å²) >= 11 is 0. The molecule has 13 heavy (non-hydrogen) atoms. The summed E-state index contributed by atoms with van der Waals surface area (Å²) in [5, 5.41) is 0. The van der Waals surface area contributed by atoms with Crippen LogP contribution < -0.4 is 5.73 Å². The van der Waals surface area contributed by atoms with Crippen LogP contribution in [0.3, 0.4) is 0 Å². The first kappa shape index (κ1) is 10.5. The highest BCUT2D eigenvalue weighted by molar-refractivity contribution is 5.07. The fourth-order valence-corrected chi connectivity index (χ4v) is 2.17. The molecule has 2 N–H and O–H groups in total. The van der Waals surface area contributed by atoms with Gasteiger partial charge in [0.25, 0.3) is 0 Å². The third kappa shape index (κ3) is 2.70. The molecule has 0 heterocycles. The Morgan fingerprint density at radius 3 is 1.69 bits per heavy atom. The van der Waals surface area contributed by atoms with Crippen LogP contribution in [0.5, 0.6) is 0 Å². The maximum absolute atomic E-state index is 6.01. The minimum atomic E-state index is 0.345. The third-order valence-corrected chi connectivity index (χ3v) is 3.14. The lowest BCUT2D eigenvalue weighted by Crippen LogP contribution is -2.33. The van der Waals surface area contributed by atoms with Gasteiger partial charge in [0, 0.05) is 6.04 Å². The van der Waals surface area contributed by atoms with E-state index in [2.05, 4.69) is 27.0 Å². The molecule has 1 nitrogen and oxygen atoms in total. The van der Waals surface area contributed by atoms with Gasteiger partial charge >= 0.3 is 0 Å². The molecule has 74 valence electrons. The minimum absolute atomic E-state index is 0.345. The first-order valence-corrected chi connectivity index (χ1v) is 5.07. The molecule has 0 aromatic heterocycles. The van der Waals surface area contributed by atoms with Gasteiger partial charge in [-0.25, -0.2) is 0 Å². The van der Waals surface area contributed by atoms with Crippen molar-refractivity contribution in [2.75, 3.05) is 0 Å². The molecule has 0 bridgehead atoms. The van der Waals surface area contributed by atoms with E-state index >= 15 is 0 Å². The lowest BCUT2D eigenvalue weighted by molar-refractivity contribution is 0.294. The molecular formula is C12H21N. The maximum Gasteiger partial charge on any atom is 0.00502 e. The van der Waals surface area contributed by atoms with E-state index in [9.17, 15) is 0 Å². The third-order valence-electron chi connectivity index (χ3n) is 3.14. The van der Waals surface area contributed by atoms with E-state index in [1.54, 1.807) is 0 Å². The Morgan fingerprint density at radius 2 is 1.38 bits per heavy atom. The number of nitrogens with two attached hydrogens (primary N) is 1. The number of rotatable bonds is 2. The van der Waals surface area contributed by atoms with E-state index in [0.29, 0.717) is 17.9 Å². The van der Waals surface area contributed by atoms with Crippen molar-refractivity contribution < 1.29 is 0 Å². The second-order valence-electron chi connectivity index (χ2n) is 4.55. The lowest BCUT2D eigenvalue weighted by Gasteiger charge is -2.33. The van der Waals surface area contributed by atoms with Crippen LogP contribution in [0.1, 0.15) is 33.1 Å². The summed E-state index contributed by atoms with van der Waals surface area (Å²) < 4.78 is 0. The van der Waals surface area contributed by atoms with Crippen LogP contribution in [0.25, 0.3) is 0 Å². The van der Waals surface area contributed by atoms with Gasteiger partial charge in [-0.3, -0.25) is 0 Å². The molecule has 0 aromatic carbocycles. The van der Waals surface area contributed by atoms with E-state index in [1.807, 2.05) is 0 Å². The molecule has 0 aromatic rings. The van der Waals surface area contributed by atoms with Crippen LogP contribution in [0, 0.1) is 11.8 Å². The van der Waals surface area contributed by atoms with E-state index in [1.165, 1.54) is 17.6 Å². The van der Waals surface area contributed by atoms with E-state index in [0.717, 1.165) is 12.8 Å². The second-order valence-corrected chi connectivity index (χ2v) is 4.55. The quantitative estimate of drug-likeness (QED) is 0.648. The van der Waals surface area contributed by atoms with Crippen LogP contribution in [-0.4, -0.2) is 6.04 Å². The molecular weight excluding hydrogens is 158 g/mol. The number of hydrogen-bond donors (Lipinski definition) is 1. The predicted octanol–water partition coefficient (Wildman–Crippen LogP) is 2.88. The normalized spacial score (nSPS) is 34.2. The molecule has 1 aliphatic carbocycles. The number of hydrogen-bond acceptors (Lipinski definition) is 1. The van der Waals surface area contributed by atoms with Crippen LogP contribution in [-0.2, 0) is 0 Å². The maximum atomic E-state index is 6.01. The van der Waals surface area contributed by atoms with Crippen molar-refractivity contribution in [3.63, 3.8) is 0 Å². The average molecular weight is 179 g/mol. The molecule has 0 aliphatic heterocycles. The zero-order valence-electron chi connectivity index (χ0n) is 8.84. The molecule has 2 unspecified atom stereocenters. The SMILES string of the molecule is C=C(C)C1CC(N)CC(C(=C)C)C1. The highest BCUT2D eigenvalue weighted by Gasteiger charge is 2.27. The highest BCUT2D eigenvalue weighted by atomic mass is 14.6. The first-order valence-electron chi connectivity index (χ1n) is 5.07. The average Bonchev–Trinajstić information content (AvgIpc) is 2.03. The zero-order chi connectivity index (χ0) is 10.0. The summed E-state index contributed by atoms with van der Waals surface area (Å²) in [7, 11) is 0. The van der Waals surface area contributed by atoms with Gasteiger partial charge in [0.1, 0.15) is 0 Å². The summed E-state index contributed by atoms with van der Waals surface area (Å²) in [5.74, 6) is 1.23. The fraction of sp³-hybridized carbons (Fsp3) is 0.667. The summed E-state index contributed by atoms with van der Waals surface area (Å²) in [6.07, 6.45) is 3.43. The highest BCUT2D eigenvalue weighted by Crippen LogP contribution is 2.35. The van der Waals surface area contributed by atoms with Crippen LogP contribution >= 0.6 is 0 Å². The van der Waals surface area contributed by atoms with Crippen molar-refractivity contribution in [3.8, 4) is 0 Å². The van der Waals surface area contributed by atoms with E-state index in [-0.39, 0.29) is 0 Å². The Kier molecular flexibility index (Phi) is 3.32. The van der Waals surface area contributed by atoms with Gasteiger partial charge in [0.2, 0.25) is 0 Å². The Morgan fingerprint density at radius 1 is 1.00 bits per heavy atom. The van der Waals surface area contributed by atoms with E-state index in [4.69, 9.17) is 5.73 Å². The molecule has 0 amide bonds. The summed E-state index contributed by atoms with van der Waals surface area (Å²) in [6, 6.07) is 0.345. The standard InChI is InChI=1S/C12H21N/c1-8(2)10-5-11(9(3)4)7-12(13)6-10/h10-12H,1,3,5-7,13H2,2,4H3. The molecule has 1 heteroatoms. The van der Waals surface area contributed by atoms with Gasteiger partial charge in [0.05, 0.1) is 0 Å². The van der Waals surface area contributed by atoms with Gasteiger partial charge in [-0.15, -0.1) is 0 Å². The molecule has 1 aliphatic rings. The number of allylic oxidation sites excluding steroid dienone is 2. The molecule has 1 rings (SSSR count). The Hall–Kier alpha value is -0.560. The Bertz CT molecular complexity index is 195. The van der Waals surface area contributed by atoms with Gasteiger partial charge in [-0.05, 0) is 44.9 Å². The minimum Gasteiger partial charge on any atom is -0.328 e. The van der Waals surface area contributed by atoms with Crippen LogP contribution in [0.4, 0.5) is 0 Å². The molecule has 0 spiro atoms. The van der Waals surface area contributed by atoms with Crippen molar-refractivity contribution in [2.45, 2.75) is 39.2 Å². The molecule has 2 atom stereocenters. The second kappa shape index (κ2) is 4.10. The van der Waals surface area contributed by atoms with Crippen molar-refractivity contribution in [3.05, 3.63) is 24.3 Å². The fourth-order valence-electron chi connectivity index (χ4n) is 2.17. The van der Waals surface area contributed by atoms with Crippen LogP contribution in [0.2, 0.25) is 0 Å². The summed E-state index contributed by atoms with van der Waals surface area (Å²) in [4.78, 5) is 0. The Balaban J connectivity index is 2.62. The summed E-state index contributed by atoms with van der Waals surface area (Å²) in [5.41, 5.74) is 8.57. The van der Waals surface area contributed by atoms with Crippen molar-refractivity contribution in [1.82, 2.24) is 0 Å². The van der Waals surface area contributed by atoms with Gasteiger partial charge < -0.3 is 5.73 Å². The van der Waals surface area contributed by atoms with E-state index < -0.39 is 0 Å². The van der Waals surface area contributed by atoms with Crippen molar-refractivity contribution >= 4 is 0 Å². The molecule has 0 radical (unpaired) electrons. The molecule has 1 fully saturated rings. The van der Waals surface area contributed by atoms with Gasteiger partial charge in [-0.1, -0.05) is 24.3 Å². The molecule has 0 saturated heterocycles. The van der Waals surface area contributed by atoms with Gasteiger partial charge in [0.15, 0.2) is 0 Å². The molecule has 1 saturated carbocycles. The Labute approximate surface area is 81.7 Å². The van der Waals surface area contributed by atoms with Crippen molar-refractivity contribution in [1.29, 1.82) is 0 Å². The smallest absolute Gasteiger partial charge is 0.00502 e. The van der Waals surface area contributed by atoms with Crippen LogP contribution in [0.15, 0.2) is 24.3 Å². The monoisotopic (exact) mass is 179 g/mol. The largest absolute Gasteiger partial charge is 0.328 e. The topological polar surface area (TPSA) is 26.0 Å². The first-order chi connectivity index (χ1) is 6.00. The van der Waals surface area contributed by atoms with Crippen molar-refractivity contribution in [2.24, 2.45) is 17.6 Å². The lowest BCUT2D eigenvalue weighted by atomic mass is 9.74. The summed E-state index contributed by atoms with van der Waals surface area (Å²) in [6.45, 7) is 12.3. The predicted molar refractivity (Wildman–Crippen MR) is 58.4 cm³/mol. The van der Waals surface area contributed by atoms with Gasteiger partial charge in [-0.2, -0.15) is 0 Å².